The van der Waals surface area contributed by atoms with Gasteiger partial charge in [0.05, 0.1) is 5.56 Å². The molecule has 0 aliphatic rings. The van der Waals surface area contributed by atoms with Crippen LogP contribution in [0.1, 0.15) is 23.7 Å². The van der Waals surface area contributed by atoms with Crippen molar-refractivity contribution in [1.82, 2.24) is 9.78 Å². The number of thioether (sulfide) groups is 1. The molecule has 3 nitrogen and oxygen atoms in total. The first kappa shape index (κ1) is 14.7. The maximum atomic E-state index is 12.3. The number of benzene rings is 1. The molecule has 2 rings (SSSR count). The van der Waals surface area contributed by atoms with Crippen LogP contribution in [0.5, 0.6) is 0 Å². The van der Waals surface area contributed by atoms with Crippen LogP contribution in [0.4, 0.5) is 8.78 Å². The molecule has 0 fully saturated rings. The third-order valence-electron chi connectivity index (χ3n) is 2.72. The van der Waals surface area contributed by atoms with E-state index in [2.05, 4.69) is 5.10 Å². The van der Waals surface area contributed by atoms with E-state index in [0.717, 1.165) is 24.8 Å². The van der Waals surface area contributed by atoms with Gasteiger partial charge in [0.2, 0.25) is 0 Å². The Labute approximate surface area is 120 Å². The molecule has 106 valence electrons. The maximum Gasteiger partial charge on any atom is 0.288 e. The van der Waals surface area contributed by atoms with Crippen LogP contribution in [0, 0.1) is 0 Å². The van der Waals surface area contributed by atoms with Crippen molar-refractivity contribution in [2.45, 2.75) is 30.5 Å². The minimum Gasteiger partial charge on any atom is -0.298 e. The first-order valence-corrected chi connectivity index (χ1v) is 7.10. The molecule has 0 atom stereocenters. The number of hydrogen-bond acceptors (Lipinski definition) is 3. The van der Waals surface area contributed by atoms with Crippen LogP contribution in [0.15, 0.2) is 35.4 Å². The van der Waals surface area contributed by atoms with Gasteiger partial charge in [-0.25, -0.2) is 0 Å². The summed E-state index contributed by atoms with van der Waals surface area (Å²) in [4.78, 5) is 11.6. The first-order valence-electron chi connectivity index (χ1n) is 6.22. The molecule has 20 heavy (non-hydrogen) atoms. The highest BCUT2D eigenvalue weighted by Crippen LogP contribution is 2.28. The Hall–Kier alpha value is -1.69. The Bertz CT molecular complexity index is 581. The van der Waals surface area contributed by atoms with Crippen molar-refractivity contribution in [3.63, 3.8) is 0 Å². The Morgan fingerprint density at radius 2 is 2.05 bits per heavy atom. The third-order valence-corrected chi connectivity index (χ3v) is 3.45. The smallest absolute Gasteiger partial charge is 0.288 e. The van der Waals surface area contributed by atoms with E-state index in [1.807, 2.05) is 6.92 Å². The second-order valence-corrected chi connectivity index (χ2v) is 5.28. The second-order valence-electron chi connectivity index (χ2n) is 4.22. The summed E-state index contributed by atoms with van der Waals surface area (Å²) in [6, 6.07) is 6.63. The number of alkyl halides is 2. The summed E-state index contributed by atoms with van der Waals surface area (Å²) in [6.07, 6.45) is 3.38. The molecule has 2 aromatic rings. The van der Waals surface area contributed by atoms with Gasteiger partial charge in [0.1, 0.15) is 5.69 Å². The fourth-order valence-electron chi connectivity index (χ4n) is 1.89. The van der Waals surface area contributed by atoms with Crippen LogP contribution in [-0.4, -0.2) is 21.8 Å². The van der Waals surface area contributed by atoms with Crippen molar-refractivity contribution in [3.8, 4) is 11.3 Å². The zero-order valence-electron chi connectivity index (χ0n) is 10.9. The van der Waals surface area contributed by atoms with Crippen LogP contribution in [-0.2, 0) is 6.54 Å². The van der Waals surface area contributed by atoms with Gasteiger partial charge < -0.3 is 0 Å². The summed E-state index contributed by atoms with van der Waals surface area (Å²) in [6.45, 7) is 2.76. The van der Waals surface area contributed by atoms with Gasteiger partial charge in [-0.15, -0.1) is 0 Å². The Kier molecular flexibility index (Phi) is 4.89. The molecular weight excluding hydrogens is 282 g/mol. The molecule has 0 spiro atoms. The van der Waals surface area contributed by atoms with Crippen LogP contribution in [0.25, 0.3) is 11.3 Å². The van der Waals surface area contributed by atoms with E-state index in [-0.39, 0.29) is 0 Å². The van der Waals surface area contributed by atoms with Crippen LogP contribution < -0.4 is 0 Å². The van der Waals surface area contributed by atoms with Gasteiger partial charge in [-0.2, -0.15) is 13.9 Å². The predicted molar refractivity (Wildman–Crippen MR) is 75.2 cm³/mol. The van der Waals surface area contributed by atoms with E-state index in [0.29, 0.717) is 27.9 Å². The number of nitrogens with zero attached hydrogens (tertiary/aromatic N) is 2. The highest BCUT2D eigenvalue weighted by molar-refractivity contribution is 7.99. The lowest BCUT2D eigenvalue weighted by Crippen LogP contribution is -1.96. The summed E-state index contributed by atoms with van der Waals surface area (Å²) in [7, 11) is 0. The average Bonchev–Trinajstić information content (AvgIpc) is 2.82. The molecule has 6 heteroatoms. The Morgan fingerprint density at radius 1 is 1.35 bits per heavy atom. The normalized spacial score (nSPS) is 11.0. The summed E-state index contributed by atoms with van der Waals surface area (Å²) < 4.78 is 26.2. The molecule has 0 saturated heterocycles. The number of rotatable bonds is 6. The molecule has 1 aromatic carbocycles. The van der Waals surface area contributed by atoms with E-state index in [4.69, 9.17) is 0 Å². The van der Waals surface area contributed by atoms with Crippen molar-refractivity contribution in [3.05, 3.63) is 36.0 Å². The molecule has 0 bridgehead atoms. The van der Waals surface area contributed by atoms with Gasteiger partial charge in [-0.1, -0.05) is 30.8 Å². The van der Waals surface area contributed by atoms with Gasteiger partial charge in [0, 0.05) is 23.2 Å². The number of aldehydes is 1. The van der Waals surface area contributed by atoms with Gasteiger partial charge in [0.15, 0.2) is 6.29 Å². The van der Waals surface area contributed by atoms with E-state index >= 15 is 0 Å². The highest BCUT2D eigenvalue weighted by Gasteiger charge is 2.11. The zero-order chi connectivity index (χ0) is 14.5. The SMILES string of the molecule is CCCn1cc(C=O)c(-c2ccc(SC(F)F)cc2)n1. The maximum absolute atomic E-state index is 12.3. The zero-order valence-corrected chi connectivity index (χ0v) is 11.7. The van der Waals surface area contributed by atoms with E-state index in [1.54, 1.807) is 35.1 Å². The molecule has 0 aliphatic carbocycles. The highest BCUT2D eigenvalue weighted by atomic mass is 32.2. The molecular formula is C14H14F2N2OS. The molecule has 0 unspecified atom stereocenters. The number of carbonyl (C=O) groups excluding carboxylic acids is 1. The summed E-state index contributed by atoms with van der Waals surface area (Å²) in [5, 5.41) is 4.36. The summed E-state index contributed by atoms with van der Waals surface area (Å²) >= 11 is 0.497. The Balaban J connectivity index is 2.28. The molecule has 1 heterocycles. The number of carbonyl (C=O) groups is 1. The van der Waals surface area contributed by atoms with Crippen molar-refractivity contribution in [2.24, 2.45) is 0 Å². The van der Waals surface area contributed by atoms with Gasteiger partial charge in [-0.3, -0.25) is 9.48 Å². The van der Waals surface area contributed by atoms with E-state index in [9.17, 15) is 13.6 Å². The minimum absolute atomic E-state index is 0.490. The van der Waals surface area contributed by atoms with Crippen LogP contribution in [0.2, 0.25) is 0 Å². The minimum atomic E-state index is -2.44. The van der Waals surface area contributed by atoms with Crippen LogP contribution in [0.3, 0.4) is 0 Å². The van der Waals surface area contributed by atoms with Gasteiger partial charge >= 0.3 is 0 Å². The number of halogens is 2. The van der Waals surface area contributed by atoms with Gasteiger partial charge in [0.25, 0.3) is 5.76 Å². The molecule has 0 aliphatic heterocycles. The molecule has 0 saturated carbocycles. The van der Waals surface area contributed by atoms with E-state index < -0.39 is 5.76 Å². The molecule has 0 radical (unpaired) electrons. The third kappa shape index (κ3) is 3.45. The predicted octanol–water partition coefficient (Wildman–Crippen LogP) is 4.09. The van der Waals surface area contributed by atoms with Crippen molar-refractivity contribution >= 4 is 18.0 Å². The summed E-state index contributed by atoms with van der Waals surface area (Å²) in [5.41, 5.74) is 1.84. The standard InChI is InChI=1S/C14H14F2N2OS/c1-2-7-18-8-11(9-19)13(17-18)10-3-5-12(6-4-10)20-14(15)16/h3-6,8-9,14H,2,7H2,1H3. The van der Waals surface area contributed by atoms with Crippen molar-refractivity contribution in [2.75, 3.05) is 0 Å². The topological polar surface area (TPSA) is 34.9 Å². The fourth-order valence-corrected chi connectivity index (χ4v) is 2.38. The van der Waals surface area contributed by atoms with Crippen molar-refractivity contribution in [1.29, 1.82) is 0 Å². The fraction of sp³-hybridized carbons (Fsp3) is 0.286. The lowest BCUT2D eigenvalue weighted by atomic mass is 10.1. The number of hydrogen-bond donors (Lipinski definition) is 0. The largest absolute Gasteiger partial charge is 0.298 e. The van der Waals surface area contributed by atoms with E-state index in [1.165, 1.54) is 0 Å². The van der Waals surface area contributed by atoms with Crippen molar-refractivity contribution < 1.29 is 13.6 Å². The number of aromatic nitrogens is 2. The first-order chi connectivity index (χ1) is 9.63. The Morgan fingerprint density at radius 3 is 2.60 bits per heavy atom. The van der Waals surface area contributed by atoms with Crippen LogP contribution >= 0.6 is 11.8 Å². The molecule has 1 aromatic heterocycles. The monoisotopic (exact) mass is 296 g/mol. The second kappa shape index (κ2) is 6.65. The quantitative estimate of drug-likeness (QED) is 0.595. The lowest BCUT2D eigenvalue weighted by molar-refractivity contribution is 0.112. The average molecular weight is 296 g/mol. The number of aryl methyl sites for hydroxylation is 1. The lowest BCUT2D eigenvalue weighted by Gasteiger charge is -2.02. The molecule has 0 N–H and O–H groups in total. The van der Waals surface area contributed by atoms with Gasteiger partial charge in [-0.05, 0) is 18.6 Å². The summed E-state index contributed by atoms with van der Waals surface area (Å²) in [5.74, 6) is -2.44. The molecule has 0 amide bonds.